The number of aryl methyl sites for hydroxylation is 1. The highest BCUT2D eigenvalue weighted by molar-refractivity contribution is 6.63. The van der Waals surface area contributed by atoms with Gasteiger partial charge in [0.05, 0.1) is 6.42 Å². The first kappa shape index (κ1) is 19.6. The molecular formula is C15H21Cl3O2. The number of hydrogen-bond donors (Lipinski definition) is 1. The maximum absolute atomic E-state index is 10.7. The molecule has 0 aromatic heterocycles. The Morgan fingerprint density at radius 2 is 1.65 bits per heavy atom. The minimum Gasteiger partial charge on any atom is -0.481 e. The largest absolute Gasteiger partial charge is 0.481 e. The Morgan fingerprint density at radius 1 is 1.10 bits per heavy atom. The number of carbonyl (C=O) groups is 1. The van der Waals surface area contributed by atoms with E-state index in [1.165, 1.54) is 24.8 Å². The molecule has 0 heterocycles. The smallest absolute Gasteiger partial charge is 0.307 e. The second-order valence-electron chi connectivity index (χ2n) is 4.40. The van der Waals surface area contributed by atoms with Gasteiger partial charge in [0.15, 0.2) is 4.30 Å². The molecule has 0 amide bonds. The van der Waals surface area contributed by atoms with Crippen LogP contribution in [0.2, 0.25) is 0 Å². The van der Waals surface area contributed by atoms with Gasteiger partial charge in [-0.1, -0.05) is 85.3 Å². The van der Waals surface area contributed by atoms with Gasteiger partial charge in [0.1, 0.15) is 0 Å². The lowest BCUT2D eigenvalue weighted by molar-refractivity contribution is -0.136. The van der Waals surface area contributed by atoms with E-state index < -0.39 is 10.3 Å². The number of aliphatic carboxylic acids is 1. The zero-order chi connectivity index (χ0) is 15.4. The summed E-state index contributed by atoms with van der Waals surface area (Å²) in [6.07, 6.45) is 6.04. The topological polar surface area (TPSA) is 37.3 Å². The molecule has 0 aliphatic rings. The predicted octanol–water partition coefficient (Wildman–Crippen LogP) is 5.42. The third-order valence-corrected chi connectivity index (χ3v) is 2.76. The van der Waals surface area contributed by atoms with Gasteiger partial charge in [-0.05, 0) is 24.0 Å². The van der Waals surface area contributed by atoms with Crippen LogP contribution in [0.5, 0.6) is 0 Å². The van der Waals surface area contributed by atoms with Crippen LogP contribution in [0.4, 0.5) is 0 Å². The fourth-order valence-corrected chi connectivity index (χ4v) is 1.88. The van der Waals surface area contributed by atoms with Crippen molar-refractivity contribution < 1.29 is 9.90 Å². The van der Waals surface area contributed by atoms with Crippen LogP contribution in [0.1, 0.15) is 43.7 Å². The van der Waals surface area contributed by atoms with Gasteiger partial charge in [-0.25, -0.2) is 0 Å². The van der Waals surface area contributed by atoms with Gasteiger partial charge in [0.2, 0.25) is 0 Å². The molecule has 0 radical (unpaired) electrons. The number of carboxylic acids is 1. The van der Waals surface area contributed by atoms with E-state index in [0.29, 0.717) is 0 Å². The summed E-state index contributed by atoms with van der Waals surface area (Å²) in [4.78, 5) is 10.7. The SMILES string of the molecule is CCCCCCc1ccccc1CC(=O)O.ClC(Cl)Cl. The van der Waals surface area contributed by atoms with Crippen molar-refractivity contribution in [2.75, 3.05) is 0 Å². The van der Waals surface area contributed by atoms with E-state index in [1.54, 1.807) is 0 Å². The third-order valence-electron chi connectivity index (χ3n) is 2.76. The van der Waals surface area contributed by atoms with Crippen molar-refractivity contribution in [3.8, 4) is 0 Å². The number of benzene rings is 1. The van der Waals surface area contributed by atoms with Gasteiger partial charge in [-0.2, -0.15) is 0 Å². The summed E-state index contributed by atoms with van der Waals surface area (Å²) in [5.41, 5.74) is 2.16. The molecule has 1 N–H and O–H groups in total. The molecule has 1 rings (SSSR count). The Kier molecular flexibility index (Phi) is 12.0. The van der Waals surface area contributed by atoms with Crippen LogP contribution in [0.15, 0.2) is 24.3 Å². The molecule has 1 aromatic carbocycles. The highest BCUT2D eigenvalue weighted by Crippen LogP contribution is 2.14. The number of hydrogen-bond acceptors (Lipinski definition) is 1. The van der Waals surface area contributed by atoms with Gasteiger partial charge in [-0.3, -0.25) is 4.79 Å². The number of carboxylic acid groups (broad SMARTS) is 1. The average molecular weight is 340 g/mol. The van der Waals surface area contributed by atoms with Crippen LogP contribution in [-0.4, -0.2) is 15.4 Å². The molecule has 0 saturated carbocycles. The summed E-state index contributed by atoms with van der Waals surface area (Å²) >= 11 is 14.4. The summed E-state index contributed by atoms with van der Waals surface area (Å²) in [6, 6.07) is 7.86. The summed E-state index contributed by atoms with van der Waals surface area (Å²) in [5.74, 6) is -0.749. The quantitative estimate of drug-likeness (QED) is 0.532. The normalized spacial score (nSPS) is 10.1. The Balaban J connectivity index is 0.000000796. The van der Waals surface area contributed by atoms with Crippen LogP contribution >= 0.6 is 34.8 Å². The highest BCUT2D eigenvalue weighted by Gasteiger charge is 2.05. The molecule has 114 valence electrons. The van der Waals surface area contributed by atoms with E-state index in [1.807, 2.05) is 24.3 Å². The van der Waals surface area contributed by atoms with Gasteiger partial charge >= 0.3 is 5.97 Å². The summed E-state index contributed by atoms with van der Waals surface area (Å²) in [5, 5.41) is 8.80. The fraction of sp³-hybridized carbons (Fsp3) is 0.533. The molecular weight excluding hydrogens is 319 g/mol. The standard InChI is InChI=1S/C14H20O2.CHCl3/c1-2-3-4-5-8-12-9-6-7-10-13(12)11-14(15)16;2-1(3)4/h6-7,9-10H,2-5,8,11H2,1H3,(H,15,16);1H. The Hall–Kier alpha value is -0.440. The maximum atomic E-state index is 10.7. The van der Waals surface area contributed by atoms with Crippen molar-refractivity contribution in [3.05, 3.63) is 35.4 Å². The predicted molar refractivity (Wildman–Crippen MR) is 87.0 cm³/mol. The third kappa shape index (κ3) is 11.4. The lowest BCUT2D eigenvalue weighted by atomic mass is 9.99. The van der Waals surface area contributed by atoms with Crippen molar-refractivity contribution in [2.45, 2.75) is 49.7 Å². The van der Waals surface area contributed by atoms with Gasteiger partial charge in [0, 0.05) is 0 Å². The summed E-state index contributed by atoms with van der Waals surface area (Å²) in [6.45, 7) is 2.19. The van der Waals surface area contributed by atoms with Crippen LogP contribution < -0.4 is 0 Å². The monoisotopic (exact) mass is 338 g/mol. The first-order valence-electron chi connectivity index (χ1n) is 6.68. The first-order valence-corrected chi connectivity index (χ1v) is 7.99. The molecule has 0 aliphatic carbocycles. The number of alkyl halides is 3. The van der Waals surface area contributed by atoms with Crippen LogP contribution in [0, 0.1) is 0 Å². The Bertz CT molecular complexity index is 378. The van der Waals surface area contributed by atoms with E-state index >= 15 is 0 Å². The minimum absolute atomic E-state index is 0.143. The molecule has 0 atom stereocenters. The van der Waals surface area contributed by atoms with Crippen molar-refractivity contribution in [1.29, 1.82) is 0 Å². The molecule has 5 heteroatoms. The zero-order valence-corrected chi connectivity index (χ0v) is 13.9. The molecule has 20 heavy (non-hydrogen) atoms. The van der Waals surface area contributed by atoms with Crippen LogP contribution in [0.25, 0.3) is 0 Å². The molecule has 0 saturated heterocycles. The maximum Gasteiger partial charge on any atom is 0.307 e. The molecule has 1 aromatic rings. The van der Waals surface area contributed by atoms with E-state index in [-0.39, 0.29) is 6.42 Å². The number of rotatable bonds is 7. The fourth-order valence-electron chi connectivity index (χ4n) is 1.88. The number of halogens is 3. The molecule has 0 aliphatic heterocycles. The summed E-state index contributed by atoms with van der Waals surface area (Å²) < 4.78 is -0.750. The molecule has 0 unspecified atom stereocenters. The Morgan fingerprint density at radius 3 is 2.15 bits per heavy atom. The summed E-state index contributed by atoms with van der Waals surface area (Å²) in [7, 11) is 0. The second kappa shape index (κ2) is 12.3. The van der Waals surface area contributed by atoms with Crippen molar-refractivity contribution in [1.82, 2.24) is 0 Å². The van der Waals surface area contributed by atoms with Crippen molar-refractivity contribution in [3.63, 3.8) is 0 Å². The lowest BCUT2D eigenvalue weighted by Gasteiger charge is -2.07. The van der Waals surface area contributed by atoms with Crippen molar-refractivity contribution >= 4 is 40.8 Å². The highest BCUT2D eigenvalue weighted by atomic mass is 35.6. The first-order chi connectivity index (χ1) is 9.47. The lowest BCUT2D eigenvalue weighted by Crippen LogP contribution is -2.03. The second-order valence-corrected chi connectivity index (χ2v) is 6.38. The number of unbranched alkanes of at least 4 members (excludes halogenated alkanes) is 3. The molecule has 2 nitrogen and oxygen atoms in total. The van der Waals surface area contributed by atoms with Gasteiger partial charge in [-0.15, -0.1) is 0 Å². The molecule has 0 spiro atoms. The van der Waals surface area contributed by atoms with E-state index in [9.17, 15) is 4.79 Å². The van der Waals surface area contributed by atoms with Crippen molar-refractivity contribution in [2.24, 2.45) is 0 Å². The van der Waals surface area contributed by atoms with E-state index in [0.717, 1.165) is 18.4 Å². The van der Waals surface area contributed by atoms with Gasteiger partial charge in [0.25, 0.3) is 0 Å². The zero-order valence-electron chi connectivity index (χ0n) is 11.6. The average Bonchev–Trinajstić information content (AvgIpc) is 2.35. The van der Waals surface area contributed by atoms with Crippen LogP contribution in [-0.2, 0) is 17.6 Å². The van der Waals surface area contributed by atoms with Gasteiger partial charge < -0.3 is 5.11 Å². The molecule has 0 bridgehead atoms. The Labute approximate surface area is 136 Å². The molecule has 0 fully saturated rings. The van der Waals surface area contributed by atoms with Crippen LogP contribution in [0.3, 0.4) is 0 Å². The van der Waals surface area contributed by atoms with E-state index in [4.69, 9.17) is 39.9 Å². The van der Waals surface area contributed by atoms with E-state index in [2.05, 4.69) is 6.92 Å². The minimum atomic E-state index is -0.750.